The molecule has 0 aliphatic rings. The van der Waals surface area contributed by atoms with Crippen LogP contribution in [0.3, 0.4) is 0 Å². The Balaban J connectivity index is 2.04. The molecule has 2 aromatic carbocycles. The summed E-state index contributed by atoms with van der Waals surface area (Å²) >= 11 is 3.30. The van der Waals surface area contributed by atoms with Crippen LogP contribution in [-0.2, 0) is 0 Å². The van der Waals surface area contributed by atoms with Crippen molar-refractivity contribution in [3.63, 3.8) is 0 Å². The molecule has 114 valence electrons. The number of halogens is 1. The van der Waals surface area contributed by atoms with Crippen molar-refractivity contribution in [2.24, 2.45) is 5.10 Å². The van der Waals surface area contributed by atoms with Gasteiger partial charge in [-0.05, 0) is 47.1 Å². The number of benzene rings is 2. The van der Waals surface area contributed by atoms with Crippen molar-refractivity contribution in [2.45, 2.75) is 6.92 Å². The fourth-order valence-corrected chi connectivity index (χ4v) is 2.22. The summed E-state index contributed by atoms with van der Waals surface area (Å²) in [5.74, 6) is 0.272. The third-order valence-corrected chi connectivity index (χ3v) is 3.49. The molecule has 1 amide bonds. The Labute approximate surface area is 136 Å². The number of aromatic hydroxyl groups is 1. The van der Waals surface area contributed by atoms with E-state index in [-0.39, 0.29) is 11.7 Å². The Morgan fingerprint density at radius 1 is 1.36 bits per heavy atom. The van der Waals surface area contributed by atoms with Gasteiger partial charge in [-0.25, -0.2) is 5.43 Å². The molecule has 2 aromatic rings. The first-order chi connectivity index (χ1) is 10.6. The number of hydrogen-bond acceptors (Lipinski definition) is 4. The van der Waals surface area contributed by atoms with Crippen LogP contribution in [0.4, 0.5) is 0 Å². The van der Waals surface area contributed by atoms with Crippen molar-refractivity contribution in [3.05, 3.63) is 58.1 Å². The quantitative estimate of drug-likeness (QED) is 0.633. The Morgan fingerprint density at radius 2 is 2.14 bits per heavy atom. The molecule has 22 heavy (non-hydrogen) atoms. The highest BCUT2D eigenvalue weighted by atomic mass is 79.9. The van der Waals surface area contributed by atoms with E-state index in [1.165, 1.54) is 12.3 Å². The number of ether oxygens (including phenoxy) is 1. The number of hydrogen-bond donors (Lipinski definition) is 2. The molecular weight excluding hydrogens is 348 g/mol. The van der Waals surface area contributed by atoms with Crippen molar-refractivity contribution in [1.29, 1.82) is 0 Å². The van der Waals surface area contributed by atoms with E-state index in [4.69, 9.17) is 4.74 Å². The molecule has 2 rings (SSSR count). The van der Waals surface area contributed by atoms with Gasteiger partial charge in [-0.2, -0.15) is 5.10 Å². The fourth-order valence-electron chi connectivity index (χ4n) is 1.76. The number of carbonyl (C=O) groups is 1. The first-order valence-corrected chi connectivity index (χ1v) is 7.45. The van der Waals surface area contributed by atoms with Gasteiger partial charge in [0, 0.05) is 16.1 Å². The zero-order valence-electron chi connectivity index (χ0n) is 11.9. The van der Waals surface area contributed by atoms with Crippen molar-refractivity contribution in [3.8, 4) is 11.5 Å². The van der Waals surface area contributed by atoms with Crippen LogP contribution in [0.15, 0.2) is 52.0 Å². The molecule has 0 saturated carbocycles. The van der Waals surface area contributed by atoms with Gasteiger partial charge in [0.15, 0.2) is 0 Å². The van der Waals surface area contributed by atoms with E-state index in [9.17, 15) is 9.90 Å². The third kappa shape index (κ3) is 4.08. The molecule has 6 heteroatoms. The largest absolute Gasteiger partial charge is 0.507 e. The lowest BCUT2D eigenvalue weighted by atomic mass is 10.2. The van der Waals surface area contributed by atoms with Crippen LogP contribution in [0.5, 0.6) is 11.5 Å². The Morgan fingerprint density at radius 3 is 2.82 bits per heavy atom. The van der Waals surface area contributed by atoms with Crippen LogP contribution in [0, 0.1) is 0 Å². The maximum atomic E-state index is 11.9. The predicted octanol–water partition coefficient (Wildman–Crippen LogP) is 3.32. The lowest BCUT2D eigenvalue weighted by Crippen LogP contribution is -2.18. The lowest BCUT2D eigenvalue weighted by molar-refractivity contribution is 0.0954. The molecule has 0 aromatic heterocycles. The summed E-state index contributed by atoms with van der Waals surface area (Å²) in [5.41, 5.74) is 3.38. The van der Waals surface area contributed by atoms with Crippen molar-refractivity contribution >= 4 is 28.1 Å². The second kappa shape index (κ2) is 7.61. The Kier molecular flexibility index (Phi) is 5.55. The van der Waals surface area contributed by atoms with Crippen LogP contribution in [-0.4, -0.2) is 23.8 Å². The maximum absolute atomic E-state index is 11.9. The summed E-state index contributed by atoms with van der Waals surface area (Å²) in [5, 5.41) is 13.7. The van der Waals surface area contributed by atoms with E-state index in [1.807, 2.05) is 13.0 Å². The number of nitrogens with one attached hydrogen (secondary N) is 1. The smallest absolute Gasteiger partial charge is 0.272 e. The van der Waals surface area contributed by atoms with E-state index in [2.05, 4.69) is 26.5 Å². The Bertz CT molecular complexity index is 702. The molecule has 0 radical (unpaired) electrons. The molecule has 0 saturated heterocycles. The number of phenols is 1. The van der Waals surface area contributed by atoms with Crippen molar-refractivity contribution in [2.75, 3.05) is 6.61 Å². The predicted molar refractivity (Wildman–Crippen MR) is 88.5 cm³/mol. The second-order valence-corrected chi connectivity index (χ2v) is 5.19. The van der Waals surface area contributed by atoms with Gasteiger partial charge in [0.2, 0.25) is 0 Å². The summed E-state index contributed by atoms with van der Waals surface area (Å²) in [4.78, 5) is 11.9. The van der Waals surface area contributed by atoms with Crippen LogP contribution in [0.1, 0.15) is 22.8 Å². The van der Waals surface area contributed by atoms with E-state index in [1.54, 1.807) is 30.3 Å². The standard InChI is InChI=1S/C16H15BrN2O3/c1-2-22-12-8-7-11(15(20)9-12)10-18-19-16(21)13-5-3-4-6-14(13)17/h3-10,20H,2H2,1H3,(H,19,21). The van der Waals surface area contributed by atoms with Gasteiger partial charge in [-0.3, -0.25) is 4.79 Å². The Hall–Kier alpha value is -2.34. The average Bonchev–Trinajstić information content (AvgIpc) is 2.50. The molecule has 5 nitrogen and oxygen atoms in total. The van der Waals surface area contributed by atoms with E-state index < -0.39 is 0 Å². The molecule has 2 N–H and O–H groups in total. The second-order valence-electron chi connectivity index (χ2n) is 4.33. The molecule has 0 bridgehead atoms. The number of phenolic OH excluding ortho intramolecular Hbond substituents is 1. The number of rotatable bonds is 5. The van der Waals surface area contributed by atoms with Crippen LogP contribution < -0.4 is 10.2 Å². The van der Waals surface area contributed by atoms with E-state index in [0.29, 0.717) is 28.0 Å². The molecule has 0 spiro atoms. The van der Waals surface area contributed by atoms with E-state index >= 15 is 0 Å². The van der Waals surface area contributed by atoms with Crippen LogP contribution in [0.2, 0.25) is 0 Å². The van der Waals surface area contributed by atoms with Crippen molar-refractivity contribution < 1.29 is 14.6 Å². The highest BCUT2D eigenvalue weighted by molar-refractivity contribution is 9.10. The van der Waals surface area contributed by atoms with Gasteiger partial charge < -0.3 is 9.84 Å². The first kappa shape index (κ1) is 16.0. The summed E-state index contributed by atoms with van der Waals surface area (Å²) in [6.07, 6.45) is 1.37. The highest BCUT2D eigenvalue weighted by Gasteiger charge is 2.07. The van der Waals surface area contributed by atoms with E-state index in [0.717, 1.165) is 0 Å². The fraction of sp³-hybridized carbons (Fsp3) is 0.125. The maximum Gasteiger partial charge on any atom is 0.272 e. The van der Waals surface area contributed by atoms with Gasteiger partial charge in [0.1, 0.15) is 11.5 Å². The van der Waals surface area contributed by atoms with Gasteiger partial charge in [-0.1, -0.05) is 12.1 Å². The lowest BCUT2D eigenvalue weighted by Gasteiger charge is -2.05. The van der Waals surface area contributed by atoms with Crippen LogP contribution >= 0.6 is 15.9 Å². The topological polar surface area (TPSA) is 70.9 Å². The van der Waals surface area contributed by atoms with Gasteiger partial charge in [-0.15, -0.1) is 0 Å². The molecule has 0 aliphatic heterocycles. The molecular formula is C16H15BrN2O3. The molecule has 0 heterocycles. The van der Waals surface area contributed by atoms with Gasteiger partial charge in [0.05, 0.1) is 18.4 Å². The summed E-state index contributed by atoms with van der Waals surface area (Å²) in [7, 11) is 0. The number of nitrogens with zero attached hydrogens (tertiary/aromatic N) is 1. The van der Waals surface area contributed by atoms with Crippen molar-refractivity contribution in [1.82, 2.24) is 5.43 Å². The number of carbonyl (C=O) groups excluding carboxylic acids is 1. The molecule has 0 atom stereocenters. The zero-order chi connectivity index (χ0) is 15.9. The normalized spacial score (nSPS) is 10.6. The molecule has 0 unspecified atom stereocenters. The highest BCUT2D eigenvalue weighted by Crippen LogP contribution is 2.22. The van der Waals surface area contributed by atoms with Crippen LogP contribution in [0.25, 0.3) is 0 Å². The minimum absolute atomic E-state index is 0.0323. The van der Waals surface area contributed by atoms with Gasteiger partial charge >= 0.3 is 0 Å². The minimum Gasteiger partial charge on any atom is -0.507 e. The summed E-state index contributed by atoms with van der Waals surface area (Å²) in [6, 6.07) is 11.9. The molecule has 0 fully saturated rings. The van der Waals surface area contributed by atoms with Gasteiger partial charge in [0.25, 0.3) is 5.91 Å². The summed E-state index contributed by atoms with van der Waals surface area (Å²) < 4.78 is 5.96. The number of hydrazone groups is 1. The first-order valence-electron chi connectivity index (χ1n) is 6.65. The SMILES string of the molecule is CCOc1ccc(C=NNC(=O)c2ccccc2Br)c(O)c1. The minimum atomic E-state index is -0.339. The zero-order valence-corrected chi connectivity index (χ0v) is 13.5. The third-order valence-electron chi connectivity index (χ3n) is 2.80. The molecule has 0 aliphatic carbocycles. The number of amides is 1. The average molecular weight is 363 g/mol. The monoisotopic (exact) mass is 362 g/mol. The summed E-state index contributed by atoms with van der Waals surface area (Å²) in [6.45, 7) is 2.39.